The average Bonchev–Trinajstić information content (AvgIpc) is 2.72. The number of nitrogens with zero attached hydrogens (tertiary/aromatic N) is 1. The molecule has 1 amide bonds. The van der Waals surface area contributed by atoms with E-state index in [-0.39, 0.29) is 4.90 Å². The number of carbonyl (C=O) groups is 1. The molecule has 0 heterocycles. The molecular formula is C23H22BrNO4S. The Kier molecular flexibility index (Phi) is 6.63. The SMILES string of the molecule is Cc1ccc(C)c(N(C(=O)COc2ccc(Br)c(C)c2)S(=O)(=O)c2ccccc2)c1. The van der Waals surface area contributed by atoms with Crippen LogP contribution in [0.2, 0.25) is 0 Å². The third-order valence-corrected chi connectivity index (χ3v) is 7.22. The monoisotopic (exact) mass is 487 g/mol. The van der Waals surface area contributed by atoms with E-state index in [1.54, 1.807) is 49.4 Å². The molecule has 0 spiro atoms. The molecule has 3 aromatic carbocycles. The summed E-state index contributed by atoms with van der Waals surface area (Å²) < 4.78 is 34.2. The van der Waals surface area contributed by atoms with Crippen molar-refractivity contribution in [2.45, 2.75) is 25.7 Å². The van der Waals surface area contributed by atoms with Crippen LogP contribution in [0.15, 0.2) is 76.1 Å². The Labute approximate surface area is 185 Å². The average molecular weight is 488 g/mol. The molecule has 7 heteroatoms. The van der Waals surface area contributed by atoms with Crippen molar-refractivity contribution in [3.8, 4) is 5.75 Å². The Morgan fingerprint density at radius 3 is 2.30 bits per heavy atom. The van der Waals surface area contributed by atoms with Gasteiger partial charge in [-0.05, 0) is 73.9 Å². The first-order valence-electron chi connectivity index (χ1n) is 9.29. The number of anilines is 1. The van der Waals surface area contributed by atoms with Gasteiger partial charge in [0, 0.05) is 4.47 Å². The maximum absolute atomic E-state index is 13.4. The molecule has 3 aromatic rings. The smallest absolute Gasteiger partial charge is 0.278 e. The molecule has 3 rings (SSSR count). The molecule has 0 fully saturated rings. The van der Waals surface area contributed by atoms with Crippen molar-refractivity contribution in [1.29, 1.82) is 0 Å². The quantitative estimate of drug-likeness (QED) is 0.480. The Bertz CT molecular complexity index is 1180. The number of amides is 1. The summed E-state index contributed by atoms with van der Waals surface area (Å²) in [5.74, 6) is -0.185. The molecule has 0 aliphatic heterocycles. The number of sulfonamides is 1. The van der Waals surface area contributed by atoms with E-state index < -0.39 is 22.5 Å². The summed E-state index contributed by atoms with van der Waals surface area (Å²) in [5.41, 5.74) is 2.79. The Morgan fingerprint density at radius 2 is 1.63 bits per heavy atom. The van der Waals surface area contributed by atoms with Gasteiger partial charge in [0.05, 0.1) is 10.6 Å². The minimum absolute atomic E-state index is 0.0405. The van der Waals surface area contributed by atoms with E-state index in [2.05, 4.69) is 15.9 Å². The fourth-order valence-corrected chi connectivity index (χ4v) is 4.68. The maximum Gasteiger partial charge on any atom is 0.278 e. The number of ether oxygens (including phenoxy) is 1. The zero-order chi connectivity index (χ0) is 21.9. The Morgan fingerprint density at radius 1 is 0.933 bits per heavy atom. The molecule has 156 valence electrons. The topological polar surface area (TPSA) is 63.7 Å². The standard InChI is InChI=1S/C23H22BrNO4S/c1-16-9-10-17(2)22(13-16)25(30(27,28)20-7-5-4-6-8-20)23(26)15-29-19-11-12-21(24)18(3)14-19/h4-14H,15H2,1-3H3. The van der Waals surface area contributed by atoms with Crippen molar-refractivity contribution in [3.05, 3.63) is 87.9 Å². The van der Waals surface area contributed by atoms with E-state index in [0.29, 0.717) is 17.0 Å². The lowest BCUT2D eigenvalue weighted by Crippen LogP contribution is -2.40. The number of hydrogen-bond acceptors (Lipinski definition) is 4. The number of hydrogen-bond donors (Lipinski definition) is 0. The summed E-state index contributed by atoms with van der Waals surface area (Å²) in [6, 6.07) is 18.6. The van der Waals surface area contributed by atoms with Crippen LogP contribution in [0.4, 0.5) is 5.69 Å². The molecule has 0 saturated carbocycles. The zero-order valence-electron chi connectivity index (χ0n) is 16.9. The van der Waals surface area contributed by atoms with Crippen LogP contribution >= 0.6 is 15.9 Å². The highest BCUT2D eigenvalue weighted by Gasteiger charge is 2.32. The van der Waals surface area contributed by atoms with Gasteiger partial charge >= 0.3 is 0 Å². The summed E-state index contributed by atoms with van der Waals surface area (Å²) in [5, 5.41) is 0. The lowest BCUT2D eigenvalue weighted by atomic mass is 10.1. The highest BCUT2D eigenvalue weighted by Crippen LogP contribution is 2.29. The molecule has 0 radical (unpaired) electrons. The lowest BCUT2D eigenvalue weighted by Gasteiger charge is -2.24. The normalized spacial score (nSPS) is 11.2. The van der Waals surface area contributed by atoms with Crippen molar-refractivity contribution in [2.24, 2.45) is 0 Å². The van der Waals surface area contributed by atoms with Gasteiger partial charge in [0.25, 0.3) is 15.9 Å². The van der Waals surface area contributed by atoms with Crippen molar-refractivity contribution in [2.75, 3.05) is 10.9 Å². The molecule has 5 nitrogen and oxygen atoms in total. The number of rotatable bonds is 6. The third kappa shape index (κ3) is 4.74. The van der Waals surface area contributed by atoms with Crippen molar-refractivity contribution >= 4 is 37.5 Å². The minimum Gasteiger partial charge on any atom is -0.484 e. The van der Waals surface area contributed by atoms with Gasteiger partial charge in [-0.25, -0.2) is 8.42 Å². The second-order valence-electron chi connectivity index (χ2n) is 6.97. The van der Waals surface area contributed by atoms with Gasteiger partial charge in [0.15, 0.2) is 6.61 Å². The van der Waals surface area contributed by atoms with Crippen molar-refractivity contribution < 1.29 is 17.9 Å². The molecule has 30 heavy (non-hydrogen) atoms. The molecular weight excluding hydrogens is 466 g/mol. The molecule has 0 aliphatic carbocycles. The van der Waals surface area contributed by atoms with E-state index in [1.165, 1.54) is 12.1 Å². The van der Waals surface area contributed by atoms with E-state index >= 15 is 0 Å². The second kappa shape index (κ2) is 9.02. The predicted molar refractivity (Wildman–Crippen MR) is 121 cm³/mol. The number of aryl methyl sites for hydroxylation is 3. The van der Waals surface area contributed by atoms with Crippen LogP contribution in [-0.2, 0) is 14.8 Å². The largest absolute Gasteiger partial charge is 0.484 e. The number of benzene rings is 3. The molecule has 0 aliphatic rings. The van der Waals surface area contributed by atoms with Gasteiger partial charge in [-0.1, -0.05) is 46.3 Å². The maximum atomic E-state index is 13.4. The zero-order valence-corrected chi connectivity index (χ0v) is 19.3. The van der Waals surface area contributed by atoms with Crippen LogP contribution in [-0.4, -0.2) is 20.9 Å². The molecule has 0 bridgehead atoms. The van der Waals surface area contributed by atoms with Crippen LogP contribution in [0.1, 0.15) is 16.7 Å². The third-order valence-electron chi connectivity index (χ3n) is 4.58. The highest BCUT2D eigenvalue weighted by atomic mass is 79.9. The van der Waals surface area contributed by atoms with Gasteiger partial charge < -0.3 is 4.74 Å². The summed E-state index contributed by atoms with van der Waals surface area (Å²) in [6.45, 7) is 5.11. The Hall–Kier alpha value is -2.64. The van der Waals surface area contributed by atoms with Gasteiger partial charge in [-0.3, -0.25) is 4.79 Å². The second-order valence-corrected chi connectivity index (χ2v) is 9.61. The van der Waals surface area contributed by atoms with Crippen LogP contribution in [0.25, 0.3) is 0 Å². The summed E-state index contributed by atoms with van der Waals surface area (Å²) in [7, 11) is -4.12. The first kappa shape index (κ1) is 22.1. The fourth-order valence-electron chi connectivity index (χ4n) is 2.94. The first-order chi connectivity index (χ1) is 14.2. The molecule has 0 N–H and O–H groups in total. The molecule has 0 aromatic heterocycles. The van der Waals surface area contributed by atoms with Gasteiger partial charge in [-0.15, -0.1) is 0 Å². The summed E-state index contributed by atoms with van der Waals surface area (Å²) in [4.78, 5) is 13.2. The van der Waals surface area contributed by atoms with Crippen LogP contribution in [0.5, 0.6) is 5.75 Å². The van der Waals surface area contributed by atoms with Crippen molar-refractivity contribution in [1.82, 2.24) is 0 Å². The van der Waals surface area contributed by atoms with Crippen LogP contribution in [0, 0.1) is 20.8 Å². The van der Waals surface area contributed by atoms with E-state index in [0.717, 1.165) is 19.9 Å². The van der Waals surface area contributed by atoms with Gasteiger partial charge in [-0.2, -0.15) is 4.31 Å². The van der Waals surface area contributed by atoms with Gasteiger partial charge in [0.1, 0.15) is 5.75 Å². The van der Waals surface area contributed by atoms with Crippen molar-refractivity contribution in [3.63, 3.8) is 0 Å². The highest BCUT2D eigenvalue weighted by molar-refractivity contribution is 9.10. The summed E-state index contributed by atoms with van der Waals surface area (Å²) in [6.07, 6.45) is 0. The van der Waals surface area contributed by atoms with Crippen LogP contribution in [0.3, 0.4) is 0 Å². The Balaban J connectivity index is 1.99. The fraction of sp³-hybridized carbons (Fsp3) is 0.174. The number of carbonyl (C=O) groups excluding carboxylic acids is 1. The van der Waals surface area contributed by atoms with E-state index in [9.17, 15) is 13.2 Å². The molecule has 0 unspecified atom stereocenters. The molecule has 0 atom stereocenters. The first-order valence-corrected chi connectivity index (χ1v) is 11.5. The lowest BCUT2D eigenvalue weighted by molar-refractivity contribution is -0.119. The number of halogens is 1. The van der Waals surface area contributed by atoms with E-state index in [1.807, 2.05) is 26.0 Å². The molecule has 0 saturated heterocycles. The minimum atomic E-state index is -4.12. The summed E-state index contributed by atoms with van der Waals surface area (Å²) >= 11 is 3.42. The predicted octanol–water partition coefficient (Wildman–Crippen LogP) is 5.18. The van der Waals surface area contributed by atoms with E-state index in [4.69, 9.17) is 4.74 Å². The van der Waals surface area contributed by atoms with Crippen LogP contribution < -0.4 is 9.04 Å². The van der Waals surface area contributed by atoms with Gasteiger partial charge in [0.2, 0.25) is 0 Å².